The van der Waals surface area contributed by atoms with E-state index in [1.807, 2.05) is 6.07 Å². The van der Waals surface area contributed by atoms with Gasteiger partial charge in [0.25, 0.3) is 5.56 Å². The maximum Gasteiger partial charge on any atom is 0.274 e. The van der Waals surface area contributed by atoms with E-state index in [4.69, 9.17) is 9.54 Å². The minimum atomic E-state index is -2.17. The lowest BCUT2D eigenvalue weighted by Gasteiger charge is -2.12. The number of imidazole rings is 1. The molecule has 0 aliphatic heterocycles. The highest BCUT2D eigenvalue weighted by Crippen LogP contribution is 2.30. The van der Waals surface area contributed by atoms with E-state index in [-0.39, 0.29) is 24.2 Å². The monoisotopic (exact) mass is 512 g/mol. The minimum absolute atomic E-state index is 0.0795. The van der Waals surface area contributed by atoms with Gasteiger partial charge in [0.15, 0.2) is 5.65 Å². The summed E-state index contributed by atoms with van der Waals surface area (Å²) in [7, 11) is 1.65. The summed E-state index contributed by atoms with van der Waals surface area (Å²) in [6.07, 6.45) is 3.74. The van der Waals surface area contributed by atoms with E-state index in [0.717, 1.165) is 11.6 Å². The van der Waals surface area contributed by atoms with E-state index >= 15 is 0 Å². The van der Waals surface area contributed by atoms with Gasteiger partial charge in [-0.1, -0.05) is 6.07 Å². The molecule has 1 unspecified atom stereocenters. The highest BCUT2D eigenvalue weighted by atomic mass is 32.2. The molecule has 0 spiro atoms. The molecular weight excluding hydrogens is 490 g/mol. The predicted molar refractivity (Wildman–Crippen MR) is 133 cm³/mol. The van der Waals surface area contributed by atoms with E-state index in [0.29, 0.717) is 45.6 Å². The van der Waals surface area contributed by atoms with Crippen LogP contribution in [0.2, 0.25) is 0 Å². The van der Waals surface area contributed by atoms with Crippen molar-refractivity contribution in [2.24, 2.45) is 7.05 Å². The molecule has 0 bridgehead atoms. The molecule has 5 rings (SSSR count). The average molecular weight is 513 g/mol. The summed E-state index contributed by atoms with van der Waals surface area (Å²) in [4.78, 5) is 25.0. The Morgan fingerprint density at radius 2 is 1.97 bits per heavy atom. The fourth-order valence-electron chi connectivity index (χ4n) is 4.35. The van der Waals surface area contributed by atoms with Gasteiger partial charge in [-0.2, -0.15) is 0 Å². The fraction of sp³-hybridized carbons (Fsp3) is 0.208. The van der Waals surface area contributed by atoms with E-state index in [1.165, 1.54) is 16.7 Å². The molecule has 0 saturated heterocycles. The summed E-state index contributed by atoms with van der Waals surface area (Å²) in [6, 6.07) is 7.06. The molecule has 36 heavy (non-hydrogen) atoms. The second kappa shape index (κ2) is 9.37. The lowest BCUT2D eigenvalue weighted by atomic mass is 10.0. The number of fused-ring (bicyclic) bond motifs is 2. The van der Waals surface area contributed by atoms with Crippen LogP contribution in [0.25, 0.3) is 33.3 Å². The van der Waals surface area contributed by atoms with Gasteiger partial charge in [0.1, 0.15) is 28.5 Å². The Morgan fingerprint density at radius 1 is 1.17 bits per heavy atom. The molecule has 0 fully saturated rings. The Hall–Kier alpha value is -3.74. The summed E-state index contributed by atoms with van der Waals surface area (Å²) in [5.74, 6) is -0.759. The van der Waals surface area contributed by atoms with Crippen LogP contribution in [0.15, 0.2) is 47.5 Å². The quantitative estimate of drug-likeness (QED) is 0.290. The van der Waals surface area contributed by atoms with Gasteiger partial charge in [-0.25, -0.2) is 27.7 Å². The van der Waals surface area contributed by atoms with Gasteiger partial charge in [0.2, 0.25) is 11.3 Å². The third-order valence-electron chi connectivity index (χ3n) is 6.11. The van der Waals surface area contributed by atoms with Crippen molar-refractivity contribution in [1.29, 1.82) is 0 Å². The zero-order chi connectivity index (χ0) is 25.6. The van der Waals surface area contributed by atoms with E-state index in [9.17, 15) is 17.8 Å². The highest BCUT2D eigenvalue weighted by Gasteiger charge is 2.19. The summed E-state index contributed by atoms with van der Waals surface area (Å²) in [5.41, 5.74) is 3.60. The number of hydrogen-bond donors (Lipinski definition) is 3. The van der Waals surface area contributed by atoms with Crippen LogP contribution >= 0.6 is 0 Å². The van der Waals surface area contributed by atoms with Crippen LogP contribution in [0.4, 0.5) is 8.78 Å². The molecule has 0 radical (unpaired) electrons. The Bertz CT molecular complexity index is 1710. The molecule has 4 heterocycles. The Morgan fingerprint density at radius 3 is 2.72 bits per heavy atom. The van der Waals surface area contributed by atoms with Crippen LogP contribution in [-0.4, -0.2) is 39.4 Å². The van der Waals surface area contributed by atoms with E-state index < -0.39 is 22.9 Å². The van der Waals surface area contributed by atoms with Gasteiger partial charge in [-0.3, -0.25) is 9.35 Å². The molecule has 1 aromatic carbocycles. The van der Waals surface area contributed by atoms with Crippen molar-refractivity contribution in [3.8, 4) is 11.3 Å². The standard InChI is InChI=1S/C24H22F2N6O3S/c1-13-29-21-14(5-8-28-36(34)35)9-20(18-12-31(2)24(33)22-17(18)6-7-27-22)30-23(21)32(13)11-15-3-4-16(25)10-19(15)26/h3-4,6-7,9-10,12,27-28H,5,8,11H2,1-2H3,(H,34,35). The number of hydrogen-bond acceptors (Lipinski definition) is 4. The second-order valence-corrected chi connectivity index (χ2v) is 9.23. The minimum Gasteiger partial charge on any atom is -0.357 e. The van der Waals surface area contributed by atoms with Crippen molar-refractivity contribution in [3.05, 3.63) is 81.7 Å². The average Bonchev–Trinajstić information content (AvgIpc) is 3.43. The largest absolute Gasteiger partial charge is 0.357 e. The van der Waals surface area contributed by atoms with Crippen molar-refractivity contribution in [2.75, 3.05) is 6.54 Å². The normalized spacial score (nSPS) is 12.6. The molecule has 0 aliphatic carbocycles. The van der Waals surface area contributed by atoms with Gasteiger partial charge >= 0.3 is 0 Å². The lowest BCUT2D eigenvalue weighted by Crippen LogP contribution is -2.19. The van der Waals surface area contributed by atoms with Gasteiger partial charge in [-0.15, -0.1) is 0 Å². The number of pyridine rings is 2. The third-order valence-corrected chi connectivity index (χ3v) is 6.56. The summed E-state index contributed by atoms with van der Waals surface area (Å²) < 4.78 is 53.8. The molecule has 4 aromatic heterocycles. The molecule has 3 N–H and O–H groups in total. The first-order valence-electron chi connectivity index (χ1n) is 11.0. The Labute approximate surface area is 206 Å². The Balaban J connectivity index is 1.72. The van der Waals surface area contributed by atoms with E-state index in [1.54, 1.807) is 37.0 Å². The second-order valence-electron chi connectivity index (χ2n) is 8.44. The lowest BCUT2D eigenvalue weighted by molar-refractivity contribution is 0.549. The van der Waals surface area contributed by atoms with Gasteiger partial charge in [0, 0.05) is 48.6 Å². The van der Waals surface area contributed by atoms with E-state index in [2.05, 4.69) is 14.7 Å². The maximum atomic E-state index is 14.5. The third kappa shape index (κ3) is 4.34. The number of H-pyrrole nitrogens is 1. The number of nitrogens with one attached hydrogen (secondary N) is 2. The van der Waals surface area contributed by atoms with Crippen LogP contribution in [0.5, 0.6) is 0 Å². The highest BCUT2D eigenvalue weighted by molar-refractivity contribution is 7.77. The van der Waals surface area contributed by atoms with Crippen LogP contribution in [0, 0.1) is 18.6 Å². The predicted octanol–water partition coefficient (Wildman–Crippen LogP) is 3.18. The number of aromatic nitrogens is 5. The zero-order valence-corrected chi connectivity index (χ0v) is 20.2. The molecule has 0 saturated carbocycles. The molecule has 5 aromatic rings. The summed E-state index contributed by atoms with van der Waals surface area (Å²) >= 11 is -2.17. The van der Waals surface area contributed by atoms with Crippen molar-refractivity contribution in [1.82, 2.24) is 28.8 Å². The smallest absolute Gasteiger partial charge is 0.274 e. The van der Waals surface area contributed by atoms with Gasteiger partial charge < -0.3 is 14.1 Å². The first-order chi connectivity index (χ1) is 17.2. The molecule has 0 aliphatic rings. The van der Waals surface area contributed by atoms with Crippen molar-refractivity contribution in [2.45, 2.75) is 19.9 Å². The van der Waals surface area contributed by atoms with Crippen LogP contribution in [0.1, 0.15) is 17.0 Å². The number of aryl methyl sites for hydroxylation is 2. The zero-order valence-electron chi connectivity index (χ0n) is 19.4. The van der Waals surface area contributed by atoms with Gasteiger partial charge in [-0.05, 0) is 37.1 Å². The molecule has 9 nitrogen and oxygen atoms in total. The maximum absolute atomic E-state index is 14.5. The summed E-state index contributed by atoms with van der Waals surface area (Å²) in [5, 5.41) is 0.692. The van der Waals surface area contributed by atoms with Crippen molar-refractivity contribution >= 4 is 33.3 Å². The van der Waals surface area contributed by atoms with Gasteiger partial charge in [0.05, 0.1) is 12.2 Å². The molecule has 12 heteroatoms. The Kier molecular flexibility index (Phi) is 6.24. The number of benzene rings is 1. The fourth-order valence-corrected chi connectivity index (χ4v) is 4.62. The van der Waals surface area contributed by atoms with Crippen LogP contribution < -0.4 is 10.3 Å². The number of rotatable bonds is 7. The number of nitrogens with zero attached hydrogens (tertiary/aromatic N) is 4. The number of aromatic amines is 1. The molecule has 186 valence electrons. The number of halogens is 2. The first-order valence-corrected chi connectivity index (χ1v) is 12.2. The molecular formula is C24H22F2N6O3S. The first kappa shape index (κ1) is 24.0. The van der Waals surface area contributed by atoms with Crippen molar-refractivity contribution in [3.63, 3.8) is 0 Å². The van der Waals surface area contributed by atoms with Crippen LogP contribution in [0.3, 0.4) is 0 Å². The van der Waals surface area contributed by atoms with Crippen molar-refractivity contribution < 1.29 is 17.5 Å². The summed E-state index contributed by atoms with van der Waals surface area (Å²) in [6.45, 7) is 2.05. The molecule has 0 amide bonds. The van der Waals surface area contributed by atoms with Crippen LogP contribution in [-0.2, 0) is 31.3 Å². The SMILES string of the molecule is Cc1nc2c(CCNS(=O)O)cc(-c3cn(C)c(=O)c4[nH]ccc34)nc2n1Cc1ccc(F)cc1F. The topological polar surface area (TPSA) is 118 Å². The molecule has 1 atom stereocenters.